The molecule has 1 heterocycles. The van der Waals surface area contributed by atoms with Crippen molar-refractivity contribution in [2.24, 2.45) is 0 Å². The highest BCUT2D eigenvalue weighted by Crippen LogP contribution is 2.40. The Morgan fingerprint density at radius 1 is 1.59 bits per heavy atom. The SMILES string of the molecule is CCNC(C)(C)C(=O)Nc1nc(C2CC2)cs1. The zero-order chi connectivity index (χ0) is 12.5. The van der Waals surface area contributed by atoms with Gasteiger partial charge in [-0.1, -0.05) is 6.92 Å². The molecule has 4 nitrogen and oxygen atoms in total. The highest BCUT2D eigenvalue weighted by Gasteiger charge is 2.29. The number of hydrogen-bond acceptors (Lipinski definition) is 4. The normalized spacial score (nSPS) is 15.9. The number of amides is 1. The lowest BCUT2D eigenvalue weighted by atomic mass is 10.1. The van der Waals surface area contributed by atoms with Crippen molar-refractivity contribution in [2.45, 2.75) is 45.1 Å². The van der Waals surface area contributed by atoms with E-state index in [1.807, 2.05) is 26.2 Å². The quantitative estimate of drug-likeness (QED) is 0.847. The first-order valence-electron chi connectivity index (χ1n) is 6.05. The van der Waals surface area contributed by atoms with E-state index in [2.05, 4.69) is 15.6 Å². The van der Waals surface area contributed by atoms with Crippen molar-refractivity contribution in [2.75, 3.05) is 11.9 Å². The van der Waals surface area contributed by atoms with Crippen molar-refractivity contribution < 1.29 is 4.79 Å². The summed E-state index contributed by atoms with van der Waals surface area (Å²) in [5, 5.41) is 8.78. The van der Waals surface area contributed by atoms with Crippen LogP contribution in [-0.4, -0.2) is 23.0 Å². The van der Waals surface area contributed by atoms with Gasteiger partial charge >= 0.3 is 0 Å². The molecule has 17 heavy (non-hydrogen) atoms. The van der Waals surface area contributed by atoms with E-state index < -0.39 is 5.54 Å². The minimum absolute atomic E-state index is 0.0314. The molecule has 2 N–H and O–H groups in total. The maximum atomic E-state index is 12.0. The second-order valence-corrected chi connectivity index (χ2v) is 5.82. The predicted octanol–water partition coefficient (Wildman–Crippen LogP) is 2.35. The van der Waals surface area contributed by atoms with Crippen LogP contribution in [0.1, 0.15) is 45.2 Å². The number of nitrogens with one attached hydrogen (secondary N) is 2. The summed E-state index contributed by atoms with van der Waals surface area (Å²) in [6.07, 6.45) is 2.47. The Hall–Kier alpha value is -0.940. The highest BCUT2D eigenvalue weighted by molar-refractivity contribution is 7.13. The number of anilines is 1. The molecule has 1 saturated carbocycles. The number of carbonyl (C=O) groups is 1. The first kappa shape index (κ1) is 12.5. The van der Waals surface area contributed by atoms with Crippen LogP contribution in [-0.2, 0) is 4.79 Å². The Morgan fingerprint density at radius 3 is 2.88 bits per heavy atom. The molecule has 0 radical (unpaired) electrons. The summed E-state index contributed by atoms with van der Waals surface area (Å²) < 4.78 is 0. The third kappa shape index (κ3) is 3.04. The Labute approximate surface area is 106 Å². The number of likely N-dealkylation sites (N-methyl/N-ethyl adjacent to an activating group) is 1. The van der Waals surface area contributed by atoms with E-state index >= 15 is 0 Å². The summed E-state index contributed by atoms with van der Waals surface area (Å²) in [4.78, 5) is 16.5. The number of rotatable bonds is 5. The minimum Gasteiger partial charge on any atom is -0.304 e. The van der Waals surface area contributed by atoms with E-state index in [1.165, 1.54) is 24.2 Å². The average Bonchev–Trinajstić information content (AvgIpc) is 3.00. The number of thiazole rings is 1. The summed E-state index contributed by atoms with van der Waals surface area (Å²) in [6.45, 7) is 6.51. The fourth-order valence-corrected chi connectivity index (χ4v) is 2.47. The summed E-state index contributed by atoms with van der Waals surface area (Å²) in [6, 6.07) is 0. The highest BCUT2D eigenvalue weighted by atomic mass is 32.1. The van der Waals surface area contributed by atoms with Gasteiger partial charge in [0.2, 0.25) is 5.91 Å². The van der Waals surface area contributed by atoms with Crippen LogP contribution in [0.15, 0.2) is 5.38 Å². The third-order valence-electron chi connectivity index (χ3n) is 2.92. The fraction of sp³-hybridized carbons (Fsp3) is 0.667. The second-order valence-electron chi connectivity index (χ2n) is 4.96. The largest absolute Gasteiger partial charge is 0.304 e. The van der Waals surface area contributed by atoms with Gasteiger partial charge in [-0.25, -0.2) is 4.98 Å². The van der Waals surface area contributed by atoms with Gasteiger partial charge in [0.15, 0.2) is 5.13 Å². The van der Waals surface area contributed by atoms with Crippen molar-refractivity contribution in [1.82, 2.24) is 10.3 Å². The van der Waals surface area contributed by atoms with Gasteiger partial charge in [0.1, 0.15) is 0 Å². The summed E-state index contributed by atoms with van der Waals surface area (Å²) in [5.74, 6) is 0.606. The fourth-order valence-electron chi connectivity index (χ4n) is 1.69. The monoisotopic (exact) mass is 253 g/mol. The molecular weight excluding hydrogens is 234 g/mol. The number of nitrogens with zero attached hydrogens (tertiary/aromatic N) is 1. The maximum Gasteiger partial charge on any atom is 0.245 e. The summed E-state index contributed by atoms with van der Waals surface area (Å²) in [7, 11) is 0. The molecule has 1 aliphatic rings. The first-order chi connectivity index (χ1) is 8.03. The lowest BCUT2D eigenvalue weighted by molar-refractivity contribution is -0.121. The smallest absolute Gasteiger partial charge is 0.245 e. The van der Waals surface area contributed by atoms with Crippen LogP contribution in [0.3, 0.4) is 0 Å². The zero-order valence-electron chi connectivity index (χ0n) is 10.5. The van der Waals surface area contributed by atoms with E-state index in [-0.39, 0.29) is 5.91 Å². The molecule has 1 amide bonds. The first-order valence-corrected chi connectivity index (χ1v) is 6.93. The third-order valence-corrected chi connectivity index (χ3v) is 3.70. The molecule has 5 heteroatoms. The lowest BCUT2D eigenvalue weighted by Gasteiger charge is -2.23. The molecule has 1 aromatic rings. The van der Waals surface area contributed by atoms with Gasteiger partial charge in [-0.05, 0) is 33.2 Å². The molecular formula is C12H19N3OS. The molecule has 0 unspecified atom stereocenters. The molecule has 0 spiro atoms. The molecule has 0 bridgehead atoms. The van der Waals surface area contributed by atoms with Crippen LogP contribution in [0, 0.1) is 0 Å². The van der Waals surface area contributed by atoms with Crippen molar-refractivity contribution in [3.05, 3.63) is 11.1 Å². The van der Waals surface area contributed by atoms with Gasteiger partial charge in [-0.2, -0.15) is 0 Å². The summed E-state index contributed by atoms with van der Waals surface area (Å²) >= 11 is 1.51. The van der Waals surface area contributed by atoms with Gasteiger partial charge in [-0.15, -0.1) is 11.3 Å². The molecule has 0 saturated heterocycles. The Morgan fingerprint density at radius 2 is 2.29 bits per heavy atom. The van der Waals surface area contributed by atoms with Gasteiger partial charge in [0, 0.05) is 11.3 Å². The van der Waals surface area contributed by atoms with Gasteiger partial charge in [0.25, 0.3) is 0 Å². The zero-order valence-corrected chi connectivity index (χ0v) is 11.4. The molecule has 2 rings (SSSR count). The van der Waals surface area contributed by atoms with Crippen molar-refractivity contribution in [3.63, 3.8) is 0 Å². The van der Waals surface area contributed by atoms with E-state index in [4.69, 9.17) is 0 Å². The Bertz CT molecular complexity index is 410. The maximum absolute atomic E-state index is 12.0. The molecule has 94 valence electrons. The Kier molecular flexibility index (Phi) is 3.49. The van der Waals surface area contributed by atoms with Gasteiger partial charge < -0.3 is 10.6 Å². The van der Waals surface area contributed by atoms with Crippen LogP contribution < -0.4 is 10.6 Å². The molecule has 1 aromatic heterocycles. The van der Waals surface area contributed by atoms with E-state index in [1.54, 1.807) is 0 Å². The van der Waals surface area contributed by atoms with Crippen LogP contribution in [0.25, 0.3) is 0 Å². The van der Waals surface area contributed by atoms with Crippen LogP contribution in [0.4, 0.5) is 5.13 Å². The Balaban J connectivity index is 1.97. The molecule has 1 aliphatic carbocycles. The summed E-state index contributed by atoms with van der Waals surface area (Å²) in [5.41, 5.74) is 0.576. The van der Waals surface area contributed by atoms with Crippen LogP contribution in [0.2, 0.25) is 0 Å². The van der Waals surface area contributed by atoms with Crippen molar-refractivity contribution in [1.29, 1.82) is 0 Å². The van der Waals surface area contributed by atoms with Gasteiger partial charge in [-0.3, -0.25) is 4.79 Å². The van der Waals surface area contributed by atoms with E-state index in [0.717, 1.165) is 12.2 Å². The van der Waals surface area contributed by atoms with E-state index in [0.29, 0.717) is 11.0 Å². The van der Waals surface area contributed by atoms with Crippen molar-refractivity contribution >= 4 is 22.4 Å². The lowest BCUT2D eigenvalue weighted by Crippen LogP contribution is -2.49. The molecule has 1 fully saturated rings. The number of aromatic nitrogens is 1. The topological polar surface area (TPSA) is 54.0 Å². The molecule has 0 aromatic carbocycles. The average molecular weight is 253 g/mol. The predicted molar refractivity (Wildman–Crippen MR) is 70.5 cm³/mol. The van der Waals surface area contributed by atoms with E-state index in [9.17, 15) is 4.79 Å². The molecule has 0 aliphatic heterocycles. The standard InChI is InChI=1S/C12H19N3OS/c1-4-13-12(2,3)10(16)15-11-14-9(7-17-11)8-5-6-8/h7-8,13H,4-6H2,1-3H3,(H,14,15,16). The van der Waals surface area contributed by atoms with Crippen molar-refractivity contribution in [3.8, 4) is 0 Å². The van der Waals surface area contributed by atoms with Crippen LogP contribution >= 0.6 is 11.3 Å². The number of hydrogen-bond donors (Lipinski definition) is 2. The number of carbonyl (C=O) groups excluding carboxylic acids is 1. The second kappa shape index (κ2) is 4.74. The van der Waals surface area contributed by atoms with Gasteiger partial charge in [0.05, 0.1) is 11.2 Å². The van der Waals surface area contributed by atoms with Crippen LogP contribution in [0.5, 0.6) is 0 Å². The molecule has 0 atom stereocenters. The minimum atomic E-state index is -0.555.